The van der Waals surface area contributed by atoms with Gasteiger partial charge in [0.05, 0.1) is 17.2 Å². The molecular weight excluding hydrogens is 496 g/mol. The first-order valence-corrected chi connectivity index (χ1v) is 13.5. The van der Waals surface area contributed by atoms with Crippen LogP contribution < -0.4 is 5.32 Å². The van der Waals surface area contributed by atoms with E-state index in [4.69, 9.17) is 0 Å². The highest BCUT2D eigenvalue weighted by Gasteiger charge is 2.24. The van der Waals surface area contributed by atoms with Crippen molar-refractivity contribution in [1.82, 2.24) is 0 Å². The molecule has 6 aromatic rings. The maximum atomic E-state index is 14.1. The van der Waals surface area contributed by atoms with Gasteiger partial charge in [-0.2, -0.15) is 5.26 Å². The summed E-state index contributed by atoms with van der Waals surface area (Å²) in [6.45, 7) is 8.37. The molecule has 2 N–H and O–H groups in total. The van der Waals surface area contributed by atoms with Gasteiger partial charge >= 0.3 is 5.97 Å². The number of hydrogen-bond acceptors (Lipinski definition) is 3. The third-order valence-corrected chi connectivity index (χ3v) is 7.99. The van der Waals surface area contributed by atoms with Crippen LogP contribution in [0.25, 0.3) is 43.1 Å². The fourth-order valence-corrected chi connectivity index (χ4v) is 6.14. The molecular formula is C35H28N2O3. The first-order valence-electron chi connectivity index (χ1n) is 13.5. The van der Waals surface area contributed by atoms with E-state index in [9.17, 15) is 20.0 Å². The Balaban J connectivity index is 1.68. The normalized spacial score (nSPS) is 11.7. The van der Waals surface area contributed by atoms with Crippen molar-refractivity contribution < 1.29 is 14.7 Å². The summed E-state index contributed by atoms with van der Waals surface area (Å²) in [6.07, 6.45) is 0. The van der Waals surface area contributed by atoms with Crippen molar-refractivity contribution in [1.29, 1.82) is 5.26 Å². The molecule has 5 heteroatoms. The van der Waals surface area contributed by atoms with Gasteiger partial charge in [0.25, 0.3) is 5.91 Å². The lowest BCUT2D eigenvalue weighted by Crippen LogP contribution is -2.17. The van der Waals surface area contributed by atoms with Gasteiger partial charge in [0.2, 0.25) is 0 Å². The molecule has 0 heterocycles. The van der Waals surface area contributed by atoms with Gasteiger partial charge in [-0.3, -0.25) is 4.79 Å². The second-order valence-electron chi connectivity index (χ2n) is 11.0. The molecule has 6 rings (SSSR count). The van der Waals surface area contributed by atoms with Gasteiger partial charge in [0.1, 0.15) is 0 Å². The number of carboxylic acid groups (broad SMARTS) is 1. The average molecular weight is 525 g/mol. The Hall–Kier alpha value is -4.95. The number of para-hydroxylation sites is 1. The standard InChI is InChI=1S/C35H28N2O3/c1-18(2)21-7-5-8-22(19(3)4)33(21)37-34(38)28-15-13-26-24-10-6-9-23-20(17-36)11-12-25(30(23)24)27-14-16-29(35(39)40)32(28)31(26)27/h5-16,18-19H,1-4H3,(H,37,38)(H,39,40). The molecule has 1 amide bonds. The Labute approximate surface area is 232 Å². The van der Waals surface area contributed by atoms with E-state index in [-0.39, 0.29) is 23.3 Å². The summed E-state index contributed by atoms with van der Waals surface area (Å²) in [5.74, 6) is -1.05. The lowest BCUT2D eigenvalue weighted by molar-refractivity contribution is 0.0699. The number of carbonyl (C=O) groups is 2. The number of fused-ring (bicyclic) bond motifs is 2. The molecule has 0 radical (unpaired) electrons. The van der Waals surface area contributed by atoms with Crippen molar-refractivity contribution in [3.63, 3.8) is 0 Å². The van der Waals surface area contributed by atoms with Crippen molar-refractivity contribution in [3.8, 4) is 6.07 Å². The fourth-order valence-electron chi connectivity index (χ4n) is 6.14. The second-order valence-corrected chi connectivity index (χ2v) is 11.0. The zero-order chi connectivity index (χ0) is 28.3. The molecule has 0 atom stereocenters. The number of amides is 1. The highest BCUT2D eigenvalue weighted by molar-refractivity contribution is 6.36. The van der Waals surface area contributed by atoms with Crippen molar-refractivity contribution >= 4 is 60.7 Å². The number of anilines is 1. The third-order valence-electron chi connectivity index (χ3n) is 7.99. The topological polar surface area (TPSA) is 90.2 Å². The first-order chi connectivity index (χ1) is 19.2. The largest absolute Gasteiger partial charge is 0.478 e. The smallest absolute Gasteiger partial charge is 0.336 e. The zero-order valence-corrected chi connectivity index (χ0v) is 22.8. The predicted molar refractivity (Wildman–Crippen MR) is 162 cm³/mol. The van der Waals surface area contributed by atoms with Crippen molar-refractivity contribution in [2.45, 2.75) is 39.5 Å². The molecule has 0 saturated carbocycles. The maximum Gasteiger partial charge on any atom is 0.336 e. The summed E-state index contributed by atoms with van der Waals surface area (Å²) in [4.78, 5) is 26.6. The van der Waals surface area contributed by atoms with E-state index in [2.05, 4.69) is 39.1 Å². The van der Waals surface area contributed by atoms with E-state index in [0.717, 1.165) is 54.5 Å². The number of rotatable bonds is 5. The van der Waals surface area contributed by atoms with Gasteiger partial charge in [-0.15, -0.1) is 0 Å². The quantitative estimate of drug-likeness (QED) is 0.174. The van der Waals surface area contributed by atoms with E-state index in [1.807, 2.05) is 54.6 Å². The predicted octanol–water partition coefficient (Wildman–Crippen LogP) is 8.81. The lowest BCUT2D eigenvalue weighted by atomic mass is 9.85. The average Bonchev–Trinajstić information content (AvgIpc) is 2.94. The first kappa shape index (κ1) is 25.3. The molecule has 5 nitrogen and oxygen atoms in total. The lowest BCUT2D eigenvalue weighted by Gasteiger charge is -2.21. The van der Waals surface area contributed by atoms with Crippen LogP contribution in [0.5, 0.6) is 0 Å². The molecule has 40 heavy (non-hydrogen) atoms. The van der Waals surface area contributed by atoms with Crippen LogP contribution in [0.1, 0.15) is 76.9 Å². The number of nitrogens with zero attached hydrogens (tertiary/aromatic N) is 1. The molecule has 0 bridgehead atoms. The summed E-state index contributed by atoms with van der Waals surface area (Å²) in [5, 5.41) is 29.6. The van der Waals surface area contributed by atoms with Crippen LogP contribution in [0.3, 0.4) is 0 Å². The fraction of sp³-hybridized carbons (Fsp3) is 0.171. The second kappa shape index (κ2) is 9.36. The molecule has 0 aromatic heterocycles. The number of nitriles is 1. The summed E-state index contributed by atoms with van der Waals surface area (Å²) < 4.78 is 0. The van der Waals surface area contributed by atoms with Crippen LogP contribution in [-0.2, 0) is 0 Å². The molecule has 6 aromatic carbocycles. The van der Waals surface area contributed by atoms with Gasteiger partial charge in [-0.25, -0.2) is 4.79 Å². The van der Waals surface area contributed by atoms with E-state index >= 15 is 0 Å². The highest BCUT2D eigenvalue weighted by Crippen LogP contribution is 2.43. The van der Waals surface area contributed by atoms with E-state index < -0.39 is 5.97 Å². The zero-order valence-electron chi connectivity index (χ0n) is 22.8. The van der Waals surface area contributed by atoms with Crippen molar-refractivity contribution in [2.24, 2.45) is 0 Å². The highest BCUT2D eigenvalue weighted by atomic mass is 16.4. The Bertz CT molecular complexity index is 2000. The number of nitrogens with one attached hydrogen (secondary N) is 1. The maximum absolute atomic E-state index is 14.1. The Kier molecular flexibility index (Phi) is 5.93. The third kappa shape index (κ3) is 3.68. The van der Waals surface area contributed by atoms with E-state index in [1.54, 1.807) is 18.2 Å². The van der Waals surface area contributed by atoms with Gasteiger partial charge < -0.3 is 10.4 Å². The molecule has 0 aliphatic carbocycles. The SMILES string of the molecule is CC(C)c1cccc(C(C)C)c1NC(=O)c1ccc2c3cccc4c(C#N)ccc(c5ccc(C(=O)O)c1c52)c43. The minimum Gasteiger partial charge on any atom is -0.478 e. The number of carbonyl (C=O) groups excluding carboxylic acids is 1. The van der Waals surface area contributed by atoms with Crippen LogP contribution >= 0.6 is 0 Å². The van der Waals surface area contributed by atoms with Crippen molar-refractivity contribution in [3.05, 3.63) is 101 Å². The van der Waals surface area contributed by atoms with Gasteiger partial charge in [0.15, 0.2) is 0 Å². The van der Waals surface area contributed by atoms with E-state index in [1.165, 1.54) is 0 Å². The summed E-state index contributed by atoms with van der Waals surface area (Å²) in [7, 11) is 0. The summed E-state index contributed by atoms with van der Waals surface area (Å²) in [5.41, 5.74) is 3.84. The minimum atomic E-state index is -1.09. The van der Waals surface area contributed by atoms with E-state index in [0.29, 0.717) is 16.5 Å². The summed E-state index contributed by atoms with van der Waals surface area (Å²) in [6, 6.07) is 25.0. The monoisotopic (exact) mass is 524 g/mol. The Morgan fingerprint density at radius 2 is 1.20 bits per heavy atom. The molecule has 0 saturated heterocycles. The molecule has 0 spiro atoms. The molecule has 0 aliphatic rings. The Morgan fingerprint density at radius 3 is 1.80 bits per heavy atom. The van der Waals surface area contributed by atoms with Gasteiger partial charge in [0, 0.05) is 22.0 Å². The molecule has 0 unspecified atom stereocenters. The summed E-state index contributed by atoms with van der Waals surface area (Å²) >= 11 is 0. The van der Waals surface area contributed by atoms with Crippen LogP contribution in [0.15, 0.2) is 72.8 Å². The minimum absolute atomic E-state index is 0.0799. The number of aromatic carboxylic acids is 1. The van der Waals surface area contributed by atoms with Crippen LogP contribution in [-0.4, -0.2) is 17.0 Å². The molecule has 196 valence electrons. The van der Waals surface area contributed by atoms with Crippen LogP contribution in [0.4, 0.5) is 5.69 Å². The number of benzene rings is 6. The van der Waals surface area contributed by atoms with Crippen LogP contribution in [0, 0.1) is 11.3 Å². The van der Waals surface area contributed by atoms with Crippen molar-refractivity contribution in [2.75, 3.05) is 5.32 Å². The van der Waals surface area contributed by atoms with Gasteiger partial charge in [-0.1, -0.05) is 82.3 Å². The van der Waals surface area contributed by atoms with Gasteiger partial charge in [-0.05, 0) is 73.5 Å². The van der Waals surface area contributed by atoms with Crippen LogP contribution in [0.2, 0.25) is 0 Å². The Morgan fingerprint density at radius 1 is 0.675 bits per heavy atom. The number of carboxylic acids is 1. The molecule has 0 fully saturated rings. The number of hydrogen-bond donors (Lipinski definition) is 2. The molecule has 0 aliphatic heterocycles.